The zero-order valence-corrected chi connectivity index (χ0v) is 12.3. The van der Waals surface area contributed by atoms with Crippen molar-refractivity contribution in [3.05, 3.63) is 29.8 Å². The number of nitriles is 1. The molecule has 1 aromatic rings. The van der Waals surface area contributed by atoms with Crippen LogP contribution in [0.15, 0.2) is 24.3 Å². The molecule has 1 saturated heterocycles. The van der Waals surface area contributed by atoms with Gasteiger partial charge in [0, 0.05) is 32.6 Å². The molecule has 0 radical (unpaired) electrons. The van der Waals surface area contributed by atoms with Crippen molar-refractivity contribution < 1.29 is 9.53 Å². The number of nitrogens with one attached hydrogen (secondary N) is 1. The van der Waals surface area contributed by atoms with E-state index in [1.54, 1.807) is 6.92 Å². The molecule has 1 amide bonds. The van der Waals surface area contributed by atoms with E-state index in [0.29, 0.717) is 13.0 Å². The number of nitrogens with zero attached hydrogens (tertiary/aromatic N) is 2. The van der Waals surface area contributed by atoms with Gasteiger partial charge in [-0.05, 0) is 24.1 Å². The summed E-state index contributed by atoms with van der Waals surface area (Å²) in [6.07, 6.45) is 1.43. The SMILES string of the molecule is CC(=O)NC1CCN(CCOc2ccc(CC#N)cc2)C1. The molecule has 1 unspecified atom stereocenters. The third kappa shape index (κ3) is 5.09. The second-order valence-electron chi connectivity index (χ2n) is 5.31. The summed E-state index contributed by atoms with van der Waals surface area (Å²) in [4.78, 5) is 13.3. The molecule has 112 valence electrons. The van der Waals surface area contributed by atoms with E-state index in [1.807, 2.05) is 24.3 Å². The van der Waals surface area contributed by atoms with E-state index in [-0.39, 0.29) is 11.9 Å². The Labute approximate surface area is 125 Å². The molecule has 21 heavy (non-hydrogen) atoms. The second-order valence-corrected chi connectivity index (χ2v) is 5.31. The monoisotopic (exact) mass is 287 g/mol. The third-order valence-electron chi connectivity index (χ3n) is 3.56. The first-order valence-corrected chi connectivity index (χ1v) is 7.25. The molecule has 1 heterocycles. The van der Waals surface area contributed by atoms with Crippen molar-refractivity contribution in [2.45, 2.75) is 25.8 Å². The number of carbonyl (C=O) groups is 1. The summed E-state index contributed by atoms with van der Waals surface area (Å²) in [5.74, 6) is 0.866. The van der Waals surface area contributed by atoms with Crippen molar-refractivity contribution >= 4 is 5.91 Å². The standard InChI is InChI=1S/C16H21N3O2/c1-13(20)18-15-7-9-19(12-15)10-11-21-16-4-2-14(3-5-16)6-8-17/h2-5,15H,6-7,9-12H2,1H3,(H,18,20). The molecule has 0 saturated carbocycles. The maximum absolute atomic E-state index is 11.0. The maximum atomic E-state index is 11.0. The van der Waals surface area contributed by atoms with Gasteiger partial charge in [0.25, 0.3) is 0 Å². The third-order valence-corrected chi connectivity index (χ3v) is 3.56. The highest BCUT2D eigenvalue weighted by Crippen LogP contribution is 2.13. The number of likely N-dealkylation sites (tertiary alicyclic amines) is 1. The largest absolute Gasteiger partial charge is 0.492 e. The van der Waals surface area contributed by atoms with Crippen molar-refractivity contribution in [2.24, 2.45) is 0 Å². The van der Waals surface area contributed by atoms with E-state index >= 15 is 0 Å². The molecule has 0 spiro atoms. The van der Waals surface area contributed by atoms with Crippen molar-refractivity contribution in [1.29, 1.82) is 5.26 Å². The summed E-state index contributed by atoms with van der Waals surface area (Å²) in [5.41, 5.74) is 1.00. The van der Waals surface area contributed by atoms with Gasteiger partial charge < -0.3 is 10.1 Å². The Bertz CT molecular complexity index is 507. The molecular weight excluding hydrogens is 266 g/mol. The first-order chi connectivity index (χ1) is 10.2. The first kappa shape index (κ1) is 15.3. The molecule has 0 aliphatic carbocycles. The first-order valence-electron chi connectivity index (χ1n) is 7.25. The van der Waals surface area contributed by atoms with Crippen LogP contribution in [0.2, 0.25) is 0 Å². The van der Waals surface area contributed by atoms with Crippen LogP contribution >= 0.6 is 0 Å². The van der Waals surface area contributed by atoms with Crippen LogP contribution in [0.4, 0.5) is 0 Å². The number of amides is 1. The van der Waals surface area contributed by atoms with Crippen LogP contribution in [0.25, 0.3) is 0 Å². The lowest BCUT2D eigenvalue weighted by molar-refractivity contribution is -0.119. The van der Waals surface area contributed by atoms with Gasteiger partial charge in [-0.2, -0.15) is 5.26 Å². The second kappa shape index (κ2) is 7.65. The molecule has 1 aliphatic rings. The Balaban J connectivity index is 1.68. The van der Waals surface area contributed by atoms with Gasteiger partial charge in [-0.3, -0.25) is 9.69 Å². The molecule has 1 fully saturated rings. The molecule has 1 atom stereocenters. The fourth-order valence-corrected chi connectivity index (χ4v) is 2.53. The van der Waals surface area contributed by atoms with Crippen LogP contribution in [0.3, 0.4) is 0 Å². The molecule has 5 heteroatoms. The van der Waals surface area contributed by atoms with Gasteiger partial charge in [-0.15, -0.1) is 0 Å². The molecule has 0 bridgehead atoms. The highest BCUT2D eigenvalue weighted by Gasteiger charge is 2.22. The van der Waals surface area contributed by atoms with Crippen LogP contribution in [0.5, 0.6) is 5.75 Å². The zero-order chi connectivity index (χ0) is 15.1. The zero-order valence-electron chi connectivity index (χ0n) is 12.3. The average molecular weight is 287 g/mol. The Kier molecular flexibility index (Phi) is 5.59. The van der Waals surface area contributed by atoms with Crippen LogP contribution < -0.4 is 10.1 Å². The summed E-state index contributed by atoms with van der Waals surface area (Å²) in [6, 6.07) is 10.0. The van der Waals surface area contributed by atoms with Crippen LogP contribution in [-0.2, 0) is 11.2 Å². The van der Waals surface area contributed by atoms with Crippen LogP contribution in [0.1, 0.15) is 18.9 Å². The van der Waals surface area contributed by atoms with Gasteiger partial charge in [0.05, 0.1) is 12.5 Å². The Morgan fingerprint density at radius 1 is 1.48 bits per heavy atom. The predicted molar refractivity (Wildman–Crippen MR) is 79.9 cm³/mol. The van der Waals surface area contributed by atoms with E-state index < -0.39 is 0 Å². The Morgan fingerprint density at radius 3 is 2.90 bits per heavy atom. The highest BCUT2D eigenvalue weighted by atomic mass is 16.5. The minimum atomic E-state index is 0.0376. The lowest BCUT2D eigenvalue weighted by atomic mass is 10.2. The quantitative estimate of drug-likeness (QED) is 0.857. The molecule has 0 aromatic heterocycles. The van der Waals surface area contributed by atoms with Crippen molar-refractivity contribution in [1.82, 2.24) is 10.2 Å². The molecule has 1 aliphatic heterocycles. The molecule has 5 nitrogen and oxygen atoms in total. The Morgan fingerprint density at radius 2 is 2.24 bits per heavy atom. The summed E-state index contributed by atoms with van der Waals surface area (Å²) in [5, 5.41) is 11.6. The lowest BCUT2D eigenvalue weighted by Gasteiger charge is -2.16. The molecule has 1 N–H and O–H groups in total. The van der Waals surface area contributed by atoms with Crippen LogP contribution in [-0.4, -0.2) is 43.1 Å². The topological polar surface area (TPSA) is 65.4 Å². The molecule has 1 aromatic carbocycles. The van der Waals surface area contributed by atoms with Crippen LogP contribution in [0, 0.1) is 11.3 Å². The maximum Gasteiger partial charge on any atom is 0.217 e. The number of ether oxygens (including phenoxy) is 1. The van der Waals surface area contributed by atoms with Crippen molar-refractivity contribution in [3.63, 3.8) is 0 Å². The van der Waals surface area contributed by atoms with E-state index in [9.17, 15) is 4.79 Å². The number of benzene rings is 1. The normalized spacial score (nSPS) is 18.2. The number of hydrogen-bond acceptors (Lipinski definition) is 4. The predicted octanol–water partition coefficient (Wildman–Crippen LogP) is 1.34. The van der Waals surface area contributed by atoms with E-state index in [1.165, 1.54) is 0 Å². The fraction of sp³-hybridized carbons (Fsp3) is 0.500. The highest BCUT2D eigenvalue weighted by molar-refractivity contribution is 5.73. The molecule has 2 rings (SSSR count). The summed E-state index contributed by atoms with van der Waals surface area (Å²) in [7, 11) is 0. The van der Waals surface area contributed by atoms with Gasteiger partial charge in [-0.25, -0.2) is 0 Å². The number of rotatable bonds is 6. The number of carbonyl (C=O) groups excluding carboxylic acids is 1. The van der Waals surface area contributed by atoms with E-state index in [4.69, 9.17) is 10.00 Å². The van der Waals surface area contributed by atoms with Crippen molar-refractivity contribution in [3.8, 4) is 11.8 Å². The summed E-state index contributed by atoms with van der Waals surface area (Å²) < 4.78 is 5.71. The summed E-state index contributed by atoms with van der Waals surface area (Å²) >= 11 is 0. The summed E-state index contributed by atoms with van der Waals surface area (Å²) in [6.45, 7) is 4.93. The minimum Gasteiger partial charge on any atom is -0.492 e. The van der Waals surface area contributed by atoms with E-state index in [2.05, 4.69) is 16.3 Å². The minimum absolute atomic E-state index is 0.0376. The van der Waals surface area contributed by atoms with Gasteiger partial charge in [-0.1, -0.05) is 12.1 Å². The average Bonchev–Trinajstić information content (AvgIpc) is 2.88. The number of hydrogen-bond donors (Lipinski definition) is 1. The smallest absolute Gasteiger partial charge is 0.217 e. The van der Waals surface area contributed by atoms with E-state index in [0.717, 1.165) is 37.4 Å². The fourth-order valence-electron chi connectivity index (χ4n) is 2.53. The van der Waals surface area contributed by atoms with Gasteiger partial charge >= 0.3 is 0 Å². The van der Waals surface area contributed by atoms with Gasteiger partial charge in [0.1, 0.15) is 12.4 Å². The Hall–Kier alpha value is -2.06. The lowest BCUT2D eigenvalue weighted by Crippen LogP contribution is -2.36. The van der Waals surface area contributed by atoms with Crippen molar-refractivity contribution in [2.75, 3.05) is 26.2 Å². The molecular formula is C16H21N3O2. The van der Waals surface area contributed by atoms with Gasteiger partial charge in [0.2, 0.25) is 5.91 Å². The van der Waals surface area contributed by atoms with Gasteiger partial charge in [0.15, 0.2) is 0 Å².